The maximum absolute atomic E-state index is 4.27. The Labute approximate surface area is 126 Å². The fourth-order valence-electron chi connectivity index (χ4n) is 2.73. The van der Waals surface area contributed by atoms with Gasteiger partial charge in [-0.25, -0.2) is 4.68 Å². The van der Waals surface area contributed by atoms with E-state index in [1.807, 2.05) is 10.9 Å². The molecule has 1 saturated heterocycles. The van der Waals surface area contributed by atoms with Crippen molar-refractivity contribution in [2.24, 2.45) is 0 Å². The molecular weight excluding hydrogens is 262 g/mol. The molecule has 2 heterocycles. The van der Waals surface area contributed by atoms with Crippen LogP contribution in [0.4, 0.5) is 0 Å². The highest BCUT2D eigenvalue weighted by molar-refractivity contribution is 5.39. The van der Waals surface area contributed by atoms with Crippen molar-refractivity contribution in [2.75, 3.05) is 26.2 Å². The zero-order valence-corrected chi connectivity index (χ0v) is 12.8. The molecule has 21 heavy (non-hydrogen) atoms. The minimum absolute atomic E-state index is 0.904. The summed E-state index contributed by atoms with van der Waals surface area (Å²) in [6, 6.07) is 6.44. The van der Waals surface area contributed by atoms with Crippen molar-refractivity contribution in [1.82, 2.24) is 25.2 Å². The molecule has 3 rings (SSSR count). The summed E-state index contributed by atoms with van der Waals surface area (Å²) in [5, 5.41) is 11.8. The number of aryl methyl sites for hydroxylation is 2. The quantitative estimate of drug-likeness (QED) is 0.932. The van der Waals surface area contributed by atoms with Gasteiger partial charge in [-0.3, -0.25) is 4.90 Å². The second-order valence-electron chi connectivity index (χ2n) is 5.79. The standard InChI is InChI=1S/C16H23N5/c1-13-4-5-15(10-14(13)2)21-16(11-18-19-21)12-20-8-3-6-17-7-9-20/h4-5,10-11,17H,3,6-9,12H2,1-2H3. The third kappa shape index (κ3) is 3.31. The molecule has 1 N–H and O–H groups in total. The fourth-order valence-corrected chi connectivity index (χ4v) is 2.73. The maximum atomic E-state index is 4.27. The topological polar surface area (TPSA) is 46.0 Å². The smallest absolute Gasteiger partial charge is 0.0786 e. The van der Waals surface area contributed by atoms with E-state index in [1.54, 1.807) is 0 Å². The number of hydrogen-bond donors (Lipinski definition) is 1. The van der Waals surface area contributed by atoms with E-state index >= 15 is 0 Å². The van der Waals surface area contributed by atoms with Crippen molar-refractivity contribution in [3.05, 3.63) is 41.2 Å². The van der Waals surface area contributed by atoms with Crippen molar-refractivity contribution >= 4 is 0 Å². The van der Waals surface area contributed by atoms with Gasteiger partial charge >= 0.3 is 0 Å². The van der Waals surface area contributed by atoms with E-state index in [9.17, 15) is 0 Å². The summed E-state index contributed by atoms with van der Waals surface area (Å²) >= 11 is 0. The van der Waals surface area contributed by atoms with Crippen LogP contribution in [0.3, 0.4) is 0 Å². The predicted molar refractivity (Wildman–Crippen MR) is 83.6 cm³/mol. The van der Waals surface area contributed by atoms with Crippen LogP contribution in [0.2, 0.25) is 0 Å². The van der Waals surface area contributed by atoms with E-state index in [0.717, 1.165) is 44.1 Å². The van der Waals surface area contributed by atoms with E-state index in [0.29, 0.717) is 0 Å². The van der Waals surface area contributed by atoms with E-state index in [-0.39, 0.29) is 0 Å². The monoisotopic (exact) mass is 285 g/mol. The predicted octanol–water partition coefficient (Wildman–Crippen LogP) is 1.68. The molecule has 0 atom stereocenters. The molecule has 5 heteroatoms. The first-order chi connectivity index (χ1) is 10.2. The number of nitrogens with one attached hydrogen (secondary N) is 1. The summed E-state index contributed by atoms with van der Waals surface area (Å²) in [4.78, 5) is 2.47. The summed E-state index contributed by atoms with van der Waals surface area (Å²) < 4.78 is 1.96. The molecule has 0 unspecified atom stereocenters. The highest BCUT2D eigenvalue weighted by Gasteiger charge is 2.13. The normalized spacial score (nSPS) is 16.9. The van der Waals surface area contributed by atoms with Crippen LogP contribution in [0.25, 0.3) is 5.69 Å². The Hall–Kier alpha value is -1.72. The minimum Gasteiger partial charge on any atom is -0.315 e. The largest absolute Gasteiger partial charge is 0.315 e. The van der Waals surface area contributed by atoms with Crippen LogP contribution >= 0.6 is 0 Å². The first kappa shape index (κ1) is 14.2. The summed E-state index contributed by atoms with van der Waals surface area (Å²) in [6.45, 7) is 9.56. The minimum atomic E-state index is 0.904. The molecule has 112 valence electrons. The van der Waals surface area contributed by atoms with Gasteiger partial charge in [-0.2, -0.15) is 0 Å². The molecule has 1 fully saturated rings. The van der Waals surface area contributed by atoms with E-state index in [2.05, 4.69) is 52.6 Å². The Morgan fingerprint density at radius 2 is 2.05 bits per heavy atom. The lowest BCUT2D eigenvalue weighted by Gasteiger charge is -2.19. The van der Waals surface area contributed by atoms with E-state index < -0.39 is 0 Å². The molecule has 1 aromatic heterocycles. The van der Waals surface area contributed by atoms with Gasteiger partial charge in [0.25, 0.3) is 0 Å². The first-order valence-electron chi connectivity index (χ1n) is 7.64. The molecule has 0 amide bonds. The van der Waals surface area contributed by atoms with E-state index in [4.69, 9.17) is 0 Å². The van der Waals surface area contributed by atoms with Gasteiger partial charge in [-0.1, -0.05) is 11.3 Å². The van der Waals surface area contributed by atoms with Crippen molar-refractivity contribution < 1.29 is 0 Å². The lowest BCUT2D eigenvalue weighted by Crippen LogP contribution is -2.28. The number of nitrogens with zero attached hydrogens (tertiary/aromatic N) is 4. The molecule has 0 bridgehead atoms. The Balaban J connectivity index is 1.81. The van der Waals surface area contributed by atoms with Gasteiger partial charge in [0.1, 0.15) is 0 Å². The molecule has 0 spiro atoms. The highest BCUT2D eigenvalue weighted by Crippen LogP contribution is 2.16. The number of rotatable bonds is 3. The van der Waals surface area contributed by atoms with Crippen LogP contribution in [0, 0.1) is 13.8 Å². The van der Waals surface area contributed by atoms with Crippen molar-refractivity contribution in [3.8, 4) is 5.69 Å². The third-order valence-corrected chi connectivity index (χ3v) is 4.17. The highest BCUT2D eigenvalue weighted by atomic mass is 15.4. The average molecular weight is 285 g/mol. The zero-order chi connectivity index (χ0) is 14.7. The Kier molecular flexibility index (Phi) is 4.31. The molecule has 2 aromatic rings. The van der Waals surface area contributed by atoms with Gasteiger partial charge in [0.15, 0.2) is 0 Å². The van der Waals surface area contributed by atoms with Gasteiger partial charge < -0.3 is 5.32 Å². The van der Waals surface area contributed by atoms with Crippen molar-refractivity contribution in [2.45, 2.75) is 26.8 Å². The van der Waals surface area contributed by atoms with Crippen LogP contribution in [0.5, 0.6) is 0 Å². The van der Waals surface area contributed by atoms with Gasteiger partial charge in [-0.05, 0) is 56.6 Å². The van der Waals surface area contributed by atoms with E-state index in [1.165, 1.54) is 17.5 Å². The molecular formula is C16H23N5. The molecule has 1 aliphatic heterocycles. The third-order valence-electron chi connectivity index (χ3n) is 4.17. The summed E-state index contributed by atoms with van der Waals surface area (Å²) in [5.74, 6) is 0. The number of benzene rings is 1. The van der Waals surface area contributed by atoms with Crippen LogP contribution in [-0.4, -0.2) is 46.1 Å². The van der Waals surface area contributed by atoms with Gasteiger partial charge in [0.2, 0.25) is 0 Å². The van der Waals surface area contributed by atoms with Gasteiger partial charge in [0, 0.05) is 19.6 Å². The van der Waals surface area contributed by atoms with Crippen LogP contribution in [-0.2, 0) is 6.54 Å². The van der Waals surface area contributed by atoms with Gasteiger partial charge in [0.05, 0.1) is 17.6 Å². The zero-order valence-electron chi connectivity index (χ0n) is 12.8. The lowest BCUT2D eigenvalue weighted by molar-refractivity contribution is 0.278. The number of aromatic nitrogens is 3. The molecule has 1 aromatic carbocycles. The van der Waals surface area contributed by atoms with Crippen molar-refractivity contribution in [1.29, 1.82) is 0 Å². The molecule has 0 saturated carbocycles. The van der Waals surface area contributed by atoms with Crippen molar-refractivity contribution in [3.63, 3.8) is 0 Å². The average Bonchev–Trinajstić information content (AvgIpc) is 2.77. The lowest BCUT2D eigenvalue weighted by atomic mass is 10.1. The second kappa shape index (κ2) is 6.37. The fraction of sp³-hybridized carbons (Fsp3) is 0.500. The Morgan fingerprint density at radius 3 is 2.90 bits per heavy atom. The molecule has 1 aliphatic rings. The molecule has 0 aliphatic carbocycles. The number of hydrogen-bond acceptors (Lipinski definition) is 4. The summed E-state index contributed by atoms with van der Waals surface area (Å²) in [5.41, 5.74) is 4.84. The van der Waals surface area contributed by atoms with Crippen LogP contribution in [0.1, 0.15) is 23.2 Å². The molecule has 5 nitrogen and oxygen atoms in total. The second-order valence-corrected chi connectivity index (χ2v) is 5.79. The summed E-state index contributed by atoms with van der Waals surface area (Å²) in [6.07, 6.45) is 3.08. The Morgan fingerprint density at radius 1 is 1.14 bits per heavy atom. The van der Waals surface area contributed by atoms with Crippen LogP contribution in [0.15, 0.2) is 24.4 Å². The molecule has 0 radical (unpaired) electrons. The van der Waals surface area contributed by atoms with Crippen LogP contribution < -0.4 is 5.32 Å². The van der Waals surface area contributed by atoms with Gasteiger partial charge in [-0.15, -0.1) is 5.10 Å². The first-order valence-corrected chi connectivity index (χ1v) is 7.64. The summed E-state index contributed by atoms with van der Waals surface area (Å²) in [7, 11) is 0. The Bertz CT molecular complexity index is 596. The maximum Gasteiger partial charge on any atom is 0.0786 e. The SMILES string of the molecule is Cc1ccc(-n2nncc2CN2CCCNCC2)cc1C.